The monoisotopic (exact) mass is 621 g/mol. The second kappa shape index (κ2) is 12.5. The number of amides is 1. The highest BCUT2D eigenvalue weighted by molar-refractivity contribution is 7.86. The summed E-state index contributed by atoms with van der Waals surface area (Å²) >= 11 is 1.36. The Morgan fingerprint density at radius 3 is 2.20 bits per heavy atom. The number of allylic oxidation sites excluding steroid dienone is 2. The van der Waals surface area contributed by atoms with Crippen LogP contribution < -0.4 is 21.3 Å². The van der Waals surface area contributed by atoms with Gasteiger partial charge in [0, 0.05) is 58.0 Å². The summed E-state index contributed by atoms with van der Waals surface area (Å²) in [4.78, 5) is 42.6. The van der Waals surface area contributed by atoms with Crippen LogP contribution in [0.15, 0.2) is 29.8 Å². The van der Waals surface area contributed by atoms with Crippen molar-refractivity contribution < 1.29 is 29.7 Å². The van der Waals surface area contributed by atoms with Crippen LogP contribution in [-0.4, -0.2) is 60.2 Å². The molecular weight excluding hydrogens is 580 g/mol. The van der Waals surface area contributed by atoms with Gasteiger partial charge in [0.2, 0.25) is 5.91 Å². The molecule has 5 rings (SSSR count). The van der Waals surface area contributed by atoms with Crippen molar-refractivity contribution in [3.63, 3.8) is 0 Å². The van der Waals surface area contributed by atoms with Crippen LogP contribution in [0.25, 0.3) is 18.2 Å². The fourth-order valence-corrected chi connectivity index (χ4v) is 7.47. The number of carboxylic acids is 2. The van der Waals surface area contributed by atoms with Gasteiger partial charge in [-0.25, -0.2) is 0 Å². The molecule has 7 N–H and O–H groups in total. The van der Waals surface area contributed by atoms with Gasteiger partial charge < -0.3 is 35.9 Å². The fourth-order valence-electron chi connectivity index (χ4n) is 6.48. The van der Waals surface area contributed by atoms with Gasteiger partial charge in [-0.15, -0.1) is 0 Å². The molecule has 0 bridgehead atoms. The van der Waals surface area contributed by atoms with Gasteiger partial charge in [-0.3, -0.25) is 14.4 Å². The lowest BCUT2D eigenvalue weighted by atomic mass is 9.91. The first kappa shape index (κ1) is 31.3. The van der Waals surface area contributed by atoms with Gasteiger partial charge in [0.05, 0.1) is 12.0 Å². The molecule has 1 unspecified atom stereocenters. The maximum Gasteiger partial charge on any atom is 0.303 e. The molecule has 2 aromatic rings. The lowest BCUT2D eigenvalue weighted by Gasteiger charge is -2.12. The zero-order chi connectivity index (χ0) is 31.9. The molecule has 5 heterocycles. The summed E-state index contributed by atoms with van der Waals surface area (Å²) in [5.74, 6) is -0.584. The number of rotatable bonds is 11. The van der Waals surface area contributed by atoms with Crippen molar-refractivity contribution in [1.82, 2.24) is 20.6 Å². The number of carboxylic acid groups (broad SMARTS) is 2. The summed E-state index contributed by atoms with van der Waals surface area (Å²) in [6.07, 6.45) is 8.07. The van der Waals surface area contributed by atoms with Crippen molar-refractivity contribution >= 4 is 47.8 Å². The average Bonchev–Trinajstić information content (AvgIpc) is 3.53. The van der Waals surface area contributed by atoms with Crippen LogP contribution in [0.2, 0.25) is 0 Å². The van der Waals surface area contributed by atoms with E-state index in [0.29, 0.717) is 18.1 Å². The number of aliphatic hydroxyl groups excluding tert-OH is 1. The number of carbonyl (C=O) groups is 3. The van der Waals surface area contributed by atoms with E-state index in [1.165, 1.54) is 11.8 Å². The highest BCUT2D eigenvalue weighted by Gasteiger charge is 2.52. The molecule has 2 saturated heterocycles. The summed E-state index contributed by atoms with van der Waals surface area (Å²) in [5.41, 5.74) is 6.70. The number of H-pyrrole nitrogens is 2. The Balaban J connectivity index is 1.61. The Morgan fingerprint density at radius 1 is 0.955 bits per heavy atom. The van der Waals surface area contributed by atoms with Crippen LogP contribution in [0.4, 0.5) is 0 Å². The van der Waals surface area contributed by atoms with E-state index in [4.69, 9.17) is 0 Å². The van der Waals surface area contributed by atoms with E-state index >= 15 is 0 Å². The summed E-state index contributed by atoms with van der Waals surface area (Å²) in [6.45, 7) is 11.7. The first-order valence-corrected chi connectivity index (χ1v) is 16.1. The minimum Gasteiger partial charge on any atom is -0.495 e. The van der Waals surface area contributed by atoms with E-state index in [1.54, 1.807) is 6.08 Å². The van der Waals surface area contributed by atoms with E-state index in [1.807, 2.05) is 45.9 Å². The number of aliphatic carboxylic acids is 2. The minimum atomic E-state index is -0.901. The largest absolute Gasteiger partial charge is 0.495 e. The van der Waals surface area contributed by atoms with Crippen molar-refractivity contribution in [2.45, 2.75) is 64.7 Å². The van der Waals surface area contributed by atoms with Gasteiger partial charge in [-0.2, -0.15) is 0 Å². The first-order valence-electron chi connectivity index (χ1n) is 15.0. The Kier molecular flexibility index (Phi) is 8.88. The van der Waals surface area contributed by atoms with Crippen molar-refractivity contribution in [3.05, 3.63) is 74.1 Å². The smallest absolute Gasteiger partial charge is 0.303 e. The molecule has 2 aromatic heterocycles. The van der Waals surface area contributed by atoms with Crippen LogP contribution in [0, 0.1) is 31.6 Å². The van der Waals surface area contributed by atoms with Crippen LogP contribution in [0.3, 0.4) is 0 Å². The van der Waals surface area contributed by atoms with Gasteiger partial charge in [0.1, 0.15) is 0 Å². The standard InChI is InChI=1S/C33H40N4O6S/c1-6-19-15(2)24(36-33(19)43)11-22-16(3)20(7-9-29(38)39)25(34-22)13-26-21(8-10-30(40)41)17(4)23(35-26)12-27-31(28-14-44-28)18(5)32(42)37-27/h6,11-13,15,18,24,28,31,34-36,43H,1,7-10,14H2,2-5H3,(H,37,42)(H,38,39)(H,40,41)/p+1/b22-11+,25-13-,27-12-/t15?,18-,24-,28-,31-/m1/s1. The van der Waals surface area contributed by atoms with E-state index < -0.39 is 11.9 Å². The van der Waals surface area contributed by atoms with Crippen LogP contribution in [0.1, 0.15) is 60.3 Å². The third kappa shape index (κ3) is 6.24. The summed E-state index contributed by atoms with van der Waals surface area (Å²) in [7, 11) is 0. The molecule has 234 valence electrons. The molecule has 10 nitrogen and oxygen atoms in total. The second-order valence-corrected chi connectivity index (χ2v) is 13.4. The molecule has 0 aliphatic carbocycles. The number of thiol groups is 1. The molecule has 0 aromatic carbocycles. The quantitative estimate of drug-likeness (QED) is 0.115. The maximum absolute atomic E-state index is 12.6. The molecule has 3 aliphatic heterocycles. The van der Waals surface area contributed by atoms with Crippen molar-refractivity contribution in [3.8, 4) is 0 Å². The number of aromatic amines is 2. The summed E-state index contributed by atoms with van der Waals surface area (Å²) in [5, 5.41) is 37.5. The van der Waals surface area contributed by atoms with E-state index in [9.17, 15) is 29.7 Å². The Hall–Kier alpha value is -4.12. The molecule has 3 aliphatic rings. The predicted octanol–water partition coefficient (Wildman–Crippen LogP) is 2.09. The topological polar surface area (TPSA) is 168 Å². The third-order valence-electron chi connectivity index (χ3n) is 9.23. The maximum atomic E-state index is 12.6. The lowest BCUT2D eigenvalue weighted by molar-refractivity contribution is -0.138. The number of hydrogen-bond acceptors (Lipinski definition) is 5. The van der Waals surface area contributed by atoms with Gasteiger partial charge in [0.25, 0.3) is 0 Å². The Labute approximate surface area is 260 Å². The second-order valence-electron chi connectivity index (χ2n) is 12.0. The zero-order valence-electron chi connectivity index (χ0n) is 25.5. The SMILES string of the molecule is C=CC1=C(O)N[C@H](/C=c2/[nH]/c(=C\c3[nH]c(/C=C4\NC(=O)[C@H](C)[C@H]4[C@H]4C[SH+]4)c(C)c3CCC(=O)O)c(CCC(=O)O)c2C)C1C. The molecule has 5 atom stereocenters. The number of aliphatic hydroxyl groups is 1. The highest BCUT2D eigenvalue weighted by Crippen LogP contribution is 2.38. The summed E-state index contributed by atoms with van der Waals surface area (Å²) < 4.78 is 0. The average molecular weight is 622 g/mol. The van der Waals surface area contributed by atoms with Crippen molar-refractivity contribution in [1.29, 1.82) is 0 Å². The van der Waals surface area contributed by atoms with Crippen LogP contribution >= 0.6 is 0 Å². The Morgan fingerprint density at radius 2 is 1.61 bits per heavy atom. The van der Waals surface area contributed by atoms with Crippen LogP contribution in [-0.2, 0) is 39.0 Å². The highest BCUT2D eigenvalue weighted by atomic mass is 32.2. The number of nitrogens with one attached hydrogen (secondary N) is 4. The Bertz CT molecular complexity index is 1710. The predicted molar refractivity (Wildman–Crippen MR) is 172 cm³/mol. The molecule has 0 saturated carbocycles. The third-order valence-corrected chi connectivity index (χ3v) is 10.3. The molecule has 2 fully saturated rings. The molecular formula is C33H41N4O6S+. The van der Waals surface area contributed by atoms with Gasteiger partial charge in [-0.1, -0.05) is 26.5 Å². The van der Waals surface area contributed by atoms with E-state index in [0.717, 1.165) is 61.4 Å². The molecule has 11 heteroatoms. The van der Waals surface area contributed by atoms with Crippen molar-refractivity contribution in [2.24, 2.45) is 17.8 Å². The van der Waals surface area contributed by atoms with E-state index in [-0.39, 0.29) is 48.4 Å². The zero-order valence-corrected chi connectivity index (χ0v) is 26.3. The van der Waals surface area contributed by atoms with Crippen LogP contribution in [0.5, 0.6) is 0 Å². The van der Waals surface area contributed by atoms with Gasteiger partial charge >= 0.3 is 11.9 Å². The van der Waals surface area contributed by atoms with Crippen molar-refractivity contribution in [2.75, 3.05) is 5.75 Å². The van der Waals surface area contributed by atoms with Gasteiger partial charge in [0.15, 0.2) is 16.9 Å². The molecule has 44 heavy (non-hydrogen) atoms. The van der Waals surface area contributed by atoms with Gasteiger partial charge in [-0.05, 0) is 78.9 Å². The van der Waals surface area contributed by atoms with E-state index in [2.05, 4.69) is 27.2 Å². The molecule has 1 amide bonds. The first-order chi connectivity index (χ1) is 20.9. The lowest BCUT2D eigenvalue weighted by Crippen LogP contribution is -2.28. The molecule has 0 spiro atoms. The number of carbonyl (C=O) groups excluding carboxylic acids is 1. The minimum absolute atomic E-state index is 0.0212. The summed E-state index contributed by atoms with van der Waals surface area (Å²) in [6, 6.07) is -0.194. The number of aromatic nitrogens is 2. The number of hydrogen-bond donors (Lipinski definition) is 7. The fraction of sp³-hybridized carbons (Fsp3) is 0.424. The normalized spacial score (nSPS) is 26.4. The molecule has 0 radical (unpaired) electrons.